The average molecular weight is 315 g/mol. The number of amides is 1. The van der Waals surface area contributed by atoms with Gasteiger partial charge in [-0.15, -0.1) is 0 Å². The summed E-state index contributed by atoms with van der Waals surface area (Å²) in [6, 6.07) is 6.42. The molecule has 0 aliphatic heterocycles. The Morgan fingerprint density at radius 1 is 1.48 bits per heavy atom. The maximum Gasteiger partial charge on any atom is 0.407 e. The van der Waals surface area contributed by atoms with Crippen LogP contribution in [0.1, 0.15) is 38.9 Å². The summed E-state index contributed by atoms with van der Waals surface area (Å²) in [4.78, 5) is 11.5. The van der Waals surface area contributed by atoms with E-state index in [-0.39, 0.29) is 0 Å². The Labute approximate surface area is 130 Å². The summed E-state index contributed by atoms with van der Waals surface area (Å²) in [5.41, 5.74) is 6.05. The van der Waals surface area contributed by atoms with Crippen molar-refractivity contribution < 1.29 is 14.6 Å². The van der Waals surface area contributed by atoms with Crippen LogP contribution < -0.4 is 11.1 Å². The molecule has 0 saturated heterocycles. The second-order valence-electron chi connectivity index (χ2n) is 5.88. The van der Waals surface area contributed by atoms with Crippen molar-refractivity contribution in [2.24, 2.45) is 5.73 Å². The lowest BCUT2D eigenvalue weighted by Crippen LogP contribution is -2.37. The summed E-state index contributed by atoms with van der Waals surface area (Å²) in [6.45, 7) is 5.71. The number of aliphatic hydroxyl groups excluding tert-OH is 1. The number of nitrogens with one attached hydrogen (secondary N) is 1. The molecule has 0 heterocycles. The SMILES string of the molecule is CC(C)(C)OC(=O)NCCC(N)C(O)c1cccc(Cl)c1. The van der Waals surface area contributed by atoms with Gasteiger partial charge >= 0.3 is 6.09 Å². The van der Waals surface area contributed by atoms with Crippen LogP contribution in [0.15, 0.2) is 24.3 Å². The van der Waals surface area contributed by atoms with Gasteiger partial charge in [0.05, 0.1) is 6.10 Å². The zero-order chi connectivity index (χ0) is 16.0. The first-order valence-corrected chi connectivity index (χ1v) is 7.23. The molecule has 0 radical (unpaired) electrons. The molecular formula is C15H23ClN2O3. The van der Waals surface area contributed by atoms with E-state index in [1.165, 1.54) is 0 Å². The molecule has 0 aliphatic rings. The molecule has 1 amide bonds. The Kier molecular flexibility index (Phi) is 6.45. The van der Waals surface area contributed by atoms with E-state index in [1.54, 1.807) is 45.0 Å². The summed E-state index contributed by atoms with van der Waals surface area (Å²) in [5.74, 6) is 0. The van der Waals surface area contributed by atoms with E-state index < -0.39 is 23.8 Å². The van der Waals surface area contributed by atoms with E-state index in [0.29, 0.717) is 23.6 Å². The Bertz CT molecular complexity index is 474. The Hall–Kier alpha value is -1.30. The molecule has 1 aromatic rings. The molecule has 0 aromatic heterocycles. The van der Waals surface area contributed by atoms with Crippen LogP contribution in [0.5, 0.6) is 0 Å². The predicted octanol–water partition coefficient (Wildman–Crippen LogP) is 2.62. The smallest absolute Gasteiger partial charge is 0.407 e. The third-order valence-corrected chi connectivity index (χ3v) is 2.98. The quantitative estimate of drug-likeness (QED) is 0.780. The van der Waals surface area contributed by atoms with Crippen LogP contribution in [0.2, 0.25) is 5.02 Å². The van der Waals surface area contributed by atoms with Gasteiger partial charge < -0.3 is 20.9 Å². The fraction of sp³-hybridized carbons (Fsp3) is 0.533. The molecule has 5 nitrogen and oxygen atoms in total. The van der Waals surface area contributed by atoms with Gasteiger partial charge in [0.2, 0.25) is 0 Å². The summed E-state index contributed by atoms with van der Waals surface area (Å²) in [7, 11) is 0. The maximum atomic E-state index is 11.5. The van der Waals surface area contributed by atoms with E-state index in [2.05, 4.69) is 5.32 Å². The van der Waals surface area contributed by atoms with Crippen LogP contribution in [-0.2, 0) is 4.74 Å². The lowest BCUT2D eigenvalue weighted by molar-refractivity contribution is 0.0521. The van der Waals surface area contributed by atoms with E-state index in [9.17, 15) is 9.90 Å². The number of benzene rings is 1. The van der Waals surface area contributed by atoms with Crippen molar-refractivity contribution in [2.75, 3.05) is 6.54 Å². The van der Waals surface area contributed by atoms with Crippen molar-refractivity contribution in [1.29, 1.82) is 0 Å². The molecule has 1 rings (SSSR count). The lowest BCUT2D eigenvalue weighted by atomic mass is 10.0. The minimum atomic E-state index is -0.830. The Morgan fingerprint density at radius 2 is 2.14 bits per heavy atom. The molecular weight excluding hydrogens is 292 g/mol. The minimum Gasteiger partial charge on any atom is -0.444 e. The molecule has 4 N–H and O–H groups in total. The monoisotopic (exact) mass is 314 g/mol. The molecule has 0 spiro atoms. The predicted molar refractivity (Wildman–Crippen MR) is 83.2 cm³/mol. The number of ether oxygens (including phenoxy) is 1. The van der Waals surface area contributed by atoms with E-state index >= 15 is 0 Å². The molecule has 6 heteroatoms. The van der Waals surface area contributed by atoms with Gasteiger partial charge in [0.15, 0.2) is 0 Å². The van der Waals surface area contributed by atoms with Gasteiger partial charge in [-0.05, 0) is 44.9 Å². The van der Waals surface area contributed by atoms with E-state index in [1.807, 2.05) is 0 Å². The highest BCUT2D eigenvalue weighted by Gasteiger charge is 2.19. The molecule has 21 heavy (non-hydrogen) atoms. The van der Waals surface area contributed by atoms with Gasteiger partial charge in [-0.3, -0.25) is 0 Å². The fourth-order valence-corrected chi connectivity index (χ4v) is 1.95. The second-order valence-corrected chi connectivity index (χ2v) is 6.32. The van der Waals surface area contributed by atoms with Gasteiger partial charge in [-0.25, -0.2) is 4.79 Å². The van der Waals surface area contributed by atoms with E-state index in [0.717, 1.165) is 0 Å². The number of carbonyl (C=O) groups is 1. The zero-order valence-electron chi connectivity index (χ0n) is 12.6. The molecule has 0 saturated carbocycles. The molecule has 2 atom stereocenters. The highest BCUT2D eigenvalue weighted by Crippen LogP contribution is 2.20. The topological polar surface area (TPSA) is 84.6 Å². The first-order chi connectivity index (χ1) is 9.69. The fourth-order valence-electron chi connectivity index (χ4n) is 1.75. The minimum absolute atomic E-state index is 0.327. The van der Waals surface area contributed by atoms with Crippen molar-refractivity contribution >= 4 is 17.7 Å². The van der Waals surface area contributed by atoms with Crippen LogP contribution in [0, 0.1) is 0 Å². The number of rotatable bonds is 5. The first kappa shape index (κ1) is 17.8. The molecule has 118 valence electrons. The largest absolute Gasteiger partial charge is 0.444 e. The molecule has 0 fully saturated rings. The molecule has 0 aliphatic carbocycles. The van der Waals surface area contributed by atoms with Crippen molar-refractivity contribution in [3.8, 4) is 0 Å². The number of nitrogens with two attached hydrogens (primary N) is 1. The lowest BCUT2D eigenvalue weighted by Gasteiger charge is -2.21. The van der Waals surface area contributed by atoms with Crippen LogP contribution in [0.4, 0.5) is 4.79 Å². The number of carbonyl (C=O) groups excluding carboxylic acids is 1. The van der Waals surface area contributed by atoms with E-state index in [4.69, 9.17) is 22.1 Å². The number of hydrogen-bond acceptors (Lipinski definition) is 4. The highest BCUT2D eigenvalue weighted by molar-refractivity contribution is 6.30. The first-order valence-electron chi connectivity index (χ1n) is 6.85. The van der Waals surface area contributed by atoms with Gasteiger partial charge in [-0.1, -0.05) is 23.7 Å². The molecule has 1 aromatic carbocycles. The van der Waals surface area contributed by atoms with Crippen LogP contribution in [0.25, 0.3) is 0 Å². The Balaban J connectivity index is 2.40. The third-order valence-electron chi connectivity index (χ3n) is 2.74. The number of hydrogen-bond donors (Lipinski definition) is 3. The Morgan fingerprint density at radius 3 is 2.71 bits per heavy atom. The number of alkyl carbamates (subject to hydrolysis) is 1. The van der Waals surface area contributed by atoms with Gasteiger partial charge in [0.25, 0.3) is 0 Å². The summed E-state index contributed by atoms with van der Waals surface area (Å²) in [6.07, 6.45) is -0.900. The van der Waals surface area contributed by atoms with Crippen molar-refractivity contribution in [1.82, 2.24) is 5.32 Å². The van der Waals surface area contributed by atoms with Crippen molar-refractivity contribution in [3.63, 3.8) is 0 Å². The van der Waals surface area contributed by atoms with Crippen molar-refractivity contribution in [2.45, 2.75) is 44.9 Å². The van der Waals surface area contributed by atoms with Crippen molar-refractivity contribution in [3.05, 3.63) is 34.9 Å². The van der Waals surface area contributed by atoms with Crippen LogP contribution in [0.3, 0.4) is 0 Å². The van der Waals surface area contributed by atoms with Crippen LogP contribution >= 0.6 is 11.6 Å². The van der Waals surface area contributed by atoms with Crippen LogP contribution in [-0.4, -0.2) is 29.4 Å². The second kappa shape index (κ2) is 7.64. The summed E-state index contributed by atoms with van der Waals surface area (Å²) < 4.78 is 5.11. The summed E-state index contributed by atoms with van der Waals surface area (Å²) >= 11 is 5.88. The third kappa shape index (κ3) is 6.80. The number of halogens is 1. The standard InChI is InChI=1S/C15H23ClN2O3/c1-15(2,3)21-14(20)18-8-7-12(17)13(19)10-5-4-6-11(16)9-10/h4-6,9,12-13,19H,7-8,17H2,1-3H3,(H,18,20). The molecule has 2 unspecified atom stereocenters. The normalized spacial score (nSPS) is 14.4. The van der Waals surface area contributed by atoms with Gasteiger partial charge in [0.1, 0.15) is 5.60 Å². The average Bonchev–Trinajstić information content (AvgIpc) is 2.35. The summed E-state index contributed by atoms with van der Waals surface area (Å²) in [5, 5.41) is 13.3. The maximum absolute atomic E-state index is 11.5. The zero-order valence-corrected chi connectivity index (χ0v) is 13.4. The van der Waals surface area contributed by atoms with Gasteiger partial charge in [0, 0.05) is 17.6 Å². The highest BCUT2D eigenvalue weighted by atomic mass is 35.5. The van der Waals surface area contributed by atoms with Gasteiger partial charge in [-0.2, -0.15) is 0 Å². The molecule has 0 bridgehead atoms. The number of aliphatic hydroxyl groups is 1.